The summed E-state index contributed by atoms with van der Waals surface area (Å²) in [4.78, 5) is 10.9. The van der Waals surface area contributed by atoms with Crippen molar-refractivity contribution >= 4 is 5.91 Å². The van der Waals surface area contributed by atoms with Crippen molar-refractivity contribution < 1.29 is 4.79 Å². The van der Waals surface area contributed by atoms with E-state index in [0.29, 0.717) is 6.54 Å². The van der Waals surface area contributed by atoms with E-state index in [-0.39, 0.29) is 5.91 Å². The van der Waals surface area contributed by atoms with E-state index < -0.39 is 5.41 Å². The average Bonchev–Trinajstić information content (AvgIpc) is 2.02. The Hall–Kier alpha value is -1.30. The lowest BCUT2D eigenvalue weighted by atomic mass is 9.96. The Morgan fingerprint density at radius 1 is 1.67 bits per heavy atom. The minimum atomic E-state index is -0.489. The number of nitrogens with one attached hydrogen (secondary N) is 1. The standard InChI is InChI=1S/C9H14N2O/c1-4-5-8(12)11-7-9(2,3)6-10/h4-5H,7H2,1-3H3,(H,11,12)/b5-4+. The third-order valence-electron chi connectivity index (χ3n) is 1.33. The summed E-state index contributed by atoms with van der Waals surface area (Å²) in [6.07, 6.45) is 3.10. The van der Waals surface area contributed by atoms with Gasteiger partial charge < -0.3 is 5.32 Å². The van der Waals surface area contributed by atoms with E-state index in [4.69, 9.17) is 5.26 Å². The maximum Gasteiger partial charge on any atom is 0.243 e. The van der Waals surface area contributed by atoms with Crippen LogP contribution in [0.4, 0.5) is 0 Å². The van der Waals surface area contributed by atoms with Gasteiger partial charge in [0.15, 0.2) is 0 Å². The summed E-state index contributed by atoms with van der Waals surface area (Å²) in [7, 11) is 0. The highest BCUT2D eigenvalue weighted by Crippen LogP contribution is 2.10. The molecule has 0 unspecified atom stereocenters. The van der Waals surface area contributed by atoms with Gasteiger partial charge in [-0.05, 0) is 26.8 Å². The molecule has 0 rings (SSSR count). The fourth-order valence-electron chi connectivity index (χ4n) is 0.558. The summed E-state index contributed by atoms with van der Waals surface area (Å²) in [6, 6.07) is 2.10. The fourth-order valence-corrected chi connectivity index (χ4v) is 0.558. The number of nitriles is 1. The highest BCUT2D eigenvalue weighted by molar-refractivity contribution is 5.87. The van der Waals surface area contributed by atoms with Gasteiger partial charge in [0.1, 0.15) is 0 Å². The second-order valence-electron chi connectivity index (χ2n) is 3.21. The molecule has 0 aliphatic rings. The van der Waals surface area contributed by atoms with Crippen molar-refractivity contribution in [1.82, 2.24) is 5.32 Å². The van der Waals surface area contributed by atoms with E-state index in [1.165, 1.54) is 6.08 Å². The van der Waals surface area contributed by atoms with Gasteiger partial charge in [-0.3, -0.25) is 4.79 Å². The molecule has 0 spiro atoms. The zero-order chi connectivity index (χ0) is 9.61. The molecule has 0 aromatic heterocycles. The quantitative estimate of drug-likeness (QED) is 0.641. The van der Waals surface area contributed by atoms with Crippen molar-refractivity contribution in [2.45, 2.75) is 20.8 Å². The molecule has 0 bridgehead atoms. The number of allylic oxidation sites excluding steroid dienone is 1. The second-order valence-corrected chi connectivity index (χ2v) is 3.21. The number of amides is 1. The molecule has 0 aliphatic heterocycles. The number of hydrogen-bond donors (Lipinski definition) is 1. The lowest BCUT2D eigenvalue weighted by Crippen LogP contribution is -2.31. The molecular weight excluding hydrogens is 152 g/mol. The molecule has 0 aliphatic carbocycles. The molecular formula is C9H14N2O. The SMILES string of the molecule is C/C=C/C(=O)NCC(C)(C)C#N. The predicted octanol–water partition coefficient (Wildman–Crippen LogP) is 1.23. The van der Waals surface area contributed by atoms with E-state index in [1.54, 1.807) is 26.8 Å². The number of hydrogen-bond acceptors (Lipinski definition) is 2. The molecule has 0 heterocycles. The molecule has 1 amide bonds. The minimum absolute atomic E-state index is 0.152. The number of carbonyl (C=O) groups excluding carboxylic acids is 1. The molecule has 0 radical (unpaired) electrons. The van der Waals surface area contributed by atoms with E-state index in [1.807, 2.05) is 0 Å². The normalized spacial score (nSPS) is 11.2. The molecule has 12 heavy (non-hydrogen) atoms. The molecule has 0 atom stereocenters. The minimum Gasteiger partial charge on any atom is -0.351 e. The van der Waals surface area contributed by atoms with Gasteiger partial charge in [0.05, 0.1) is 11.5 Å². The van der Waals surface area contributed by atoms with Crippen molar-refractivity contribution in [3.05, 3.63) is 12.2 Å². The van der Waals surface area contributed by atoms with Gasteiger partial charge in [-0.25, -0.2) is 0 Å². The Labute approximate surface area is 73.1 Å². The van der Waals surface area contributed by atoms with Gasteiger partial charge in [-0.2, -0.15) is 5.26 Å². The van der Waals surface area contributed by atoms with Crippen LogP contribution in [0.15, 0.2) is 12.2 Å². The zero-order valence-electron chi connectivity index (χ0n) is 7.72. The van der Waals surface area contributed by atoms with Crippen LogP contribution in [0.1, 0.15) is 20.8 Å². The lowest BCUT2D eigenvalue weighted by molar-refractivity contribution is -0.116. The Bertz CT molecular complexity index is 223. The van der Waals surface area contributed by atoms with Crippen LogP contribution in [0.2, 0.25) is 0 Å². The maximum absolute atomic E-state index is 10.9. The number of carbonyl (C=O) groups is 1. The first-order valence-electron chi connectivity index (χ1n) is 3.83. The van der Waals surface area contributed by atoms with Crippen LogP contribution in [-0.4, -0.2) is 12.5 Å². The largest absolute Gasteiger partial charge is 0.351 e. The molecule has 0 saturated heterocycles. The van der Waals surface area contributed by atoms with Crippen LogP contribution < -0.4 is 5.32 Å². The third-order valence-corrected chi connectivity index (χ3v) is 1.33. The lowest BCUT2D eigenvalue weighted by Gasteiger charge is -2.14. The van der Waals surface area contributed by atoms with Gasteiger partial charge in [-0.15, -0.1) is 0 Å². The van der Waals surface area contributed by atoms with Gasteiger partial charge in [-0.1, -0.05) is 6.08 Å². The molecule has 0 aromatic rings. The number of nitrogens with zero attached hydrogens (tertiary/aromatic N) is 1. The van der Waals surface area contributed by atoms with Crippen molar-refractivity contribution in [3.8, 4) is 6.07 Å². The summed E-state index contributed by atoms with van der Waals surface area (Å²) in [5, 5.41) is 11.2. The Morgan fingerprint density at radius 3 is 2.67 bits per heavy atom. The number of rotatable bonds is 3. The fraction of sp³-hybridized carbons (Fsp3) is 0.556. The summed E-state index contributed by atoms with van der Waals surface area (Å²) in [6.45, 7) is 5.72. The summed E-state index contributed by atoms with van der Waals surface area (Å²) in [5.41, 5.74) is -0.489. The smallest absolute Gasteiger partial charge is 0.243 e. The Kier molecular flexibility index (Phi) is 4.06. The van der Waals surface area contributed by atoms with Crippen LogP contribution in [-0.2, 0) is 4.79 Å². The van der Waals surface area contributed by atoms with E-state index >= 15 is 0 Å². The van der Waals surface area contributed by atoms with Crippen LogP contribution in [0.3, 0.4) is 0 Å². The maximum atomic E-state index is 10.9. The van der Waals surface area contributed by atoms with Gasteiger partial charge in [0.25, 0.3) is 0 Å². The van der Waals surface area contributed by atoms with Crippen LogP contribution in [0.5, 0.6) is 0 Å². The topological polar surface area (TPSA) is 52.9 Å². The zero-order valence-corrected chi connectivity index (χ0v) is 7.72. The molecule has 3 heteroatoms. The first kappa shape index (κ1) is 10.7. The highest BCUT2D eigenvalue weighted by atomic mass is 16.1. The van der Waals surface area contributed by atoms with E-state index in [2.05, 4.69) is 11.4 Å². The third kappa shape index (κ3) is 4.51. The van der Waals surface area contributed by atoms with Crippen molar-refractivity contribution in [3.63, 3.8) is 0 Å². The molecule has 66 valence electrons. The van der Waals surface area contributed by atoms with E-state index in [0.717, 1.165) is 0 Å². The van der Waals surface area contributed by atoms with Crippen molar-refractivity contribution in [1.29, 1.82) is 5.26 Å². The van der Waals surface area contributed by atoms with Crippen LogP contribution >= 0.6 is 0 Å². The average molecular weight is 166 g/mol. The molecule has 3 nitrogen and oxygen atoms in total. The van der Waals surface area contributed by atoms with Gasteiger partial charge in [0, 0.05) is 6.54 Å². The van der Waals surface area contributed by atoms with Gasteiger partial charge in [0.2, 0.25) is 5.91 Å². The Morgan fingerprint density at radius 2 is 2.25 bits per heavy atom. The van der Waals surface area contributed by atoms with Crippen molar-refractivity contribution in [2.75, 3.05) is 6.54 Å². The predicted molar refractivity (Wildman–Crippen MR) is 47.2 cm³/mol. The van der Waals surface area contributed by atoms with Gasteiger partial charge >= 0.3 is 0 Å². The van der Waals surface area contributed by atoms with Crippen molar-refractivity contribution in [2.24, 2.45) is 5.41 Å². The first-order valence-corrected chi connectivity index (χ1v) is 3.83. The van der Waals surface area contributed by atoms with Crippen LogP contribution in [0, 0.1) is 16.7 Å². The molecule has 1 N–H and O–H groups in total. The monoisotopic (exact) mass is 166 g/mol. The van der Waals surface area contributed by atoms with E-state index in [9.17, 15) is 4.79 Å². The summed E-state index contributed by atoms with van der Waals surface area (Å²) >= 11 is 0. The molecule has 0 saturated carbocycles. The summed E-state index contributed by atoms with van der Waals surface area (Å²) < 4.78 is 0. The molecule has 0 aromatic carbocycles. The highest BCUT2D eigenvalue weighted by Gasteiger charge is 2.16. The van der Waals surface area contributed by atoms with Crippen LogP contribution in [0.25, 0.3) is 0 Å². The first-order chi connectivity index (χ1) is 5.52. The summed E-state index contributed by atoms with van der Waals surface area (Å²) in [5.74, 6) is -0.152. The Balaban J connectivity index is 3.85. The second kappa shape index (κ2) is 4.55. The molecule has 0 fully saturated rings.